The van der Waals surface area contributed by atoms with Gasteiger partial charge >= 0.3 is 0 Å². The van der Waals surface area contributed by atoms with Crippen molar-refractivity contribution < 1.29 is 4.79 Å². The Hall–Kier alpha value is -2.86. The number of carbonyl (C=O) groups is 1. The number of rotatable bonds is 4. The normalized spacial score (nSPS) is 14.4. The molecule has 1 fully saturated rings. The molecule has 28 heavy (non-hydrogen) atoms. The zero-order chi connectivity index (χ0) is 19.5. The third kappa shape index (κ3) is 3.87. The average Bonchev–Trinajstić information content (AvgIpc) is 3.12. The first-order valence-corrected chi connectivity index (χ1v) is 9.73. The summed E-state index contributed by atoms with van der Waals surface area (Å²) < 4.78 is 2.13. The molecule has 0 radical (unpaired) electrons. The fourth-order valence-corrected chi connectivity index (χ4v) is 3.69. The summed E-state index contributed by atoms with van der Waals surface area (Å²) >= 11 is 6.20. The van der Waals surface area contributed by atoms with Crippen molar-refractivity contribution in [2.24, 2.45) is 0 Å². The van der Waals surface area contributed by atoms with Crippen LogP contribution >= 0.6 is 11.6 Å². The Balaban J connectivity index is 1.69. The van der Waals surface area contributed by atoms with Crippen LogP contribution in [0.25, 0.3) is 11.4 Å². The Bertz CT molecular complexity index is 964. The Kier molecular flexibility index (Phi) is 5.30. The molecule has 4 rings (SSSR count). The second-order valence-electron chi connectivity index (χ2n) is 6.90. The van der Waals surface area contributed by atoms with Gasteiger partial charge in [-0.3, -0.25) is 9.36 Å². The van der Waals surface area contributed by atoms with Crippen LogP contribution in [0.5, 0.6) is 0 Å². The largest absolute Gasteiger partial charge is 0.339 e. The highest BCUT2D eigenvalue weighted by atomic mass is 35.5. The van der Waals surface area contributed by atoms with Crippen LogP contribution < -0.4 is 4.90 Å². The molecule has 1 aromatic heterocycles. The SMILES string of the molecule is CC(=O)N1CCN(c2nnc(-c3cccc(Cl)c3)n2Cc2ccccc2)CC1. The Labute approximate surface area is 169 Å². The molecule has 3 aromatic rings. The number of hydrogen-bond acceptors (Lipinski definition) is 4. The smallest absolute Gasteiger partial charge is 0.227 e. The van der Waals surface area contributed by atoms with Crippen molar-refractivity contribution in [2.45, 2.75) is 13.5 Å². The standard InChI is InChI=1S/C21H22ClN5O/c1-16(28)25-10-12-26(13-11-25)21-24-23-20(18-8-5-9-19(22)14-18)27(21)15-17-6-3-2-4-7-17/h2-9,14H,10-13,15H2,1H3. The zero-order valence-electron chi connectivity index (χ0n) is 15.8. The van der Waals surface area contributed by atoms with Gasteiger partial charge in [0.2, 0.25) is 11.9 Å². The first-order chi connectivity index (χ1) is 13.6. The van der Waals surface area contributed by atoms with Gasteiger partial charge in [0.15, 0.2) is 5.82 Å². The quantitative estimate of drug-likeness (QED) is 0.680. The fraction of sp³-hybridized carbons (Fsp3) is 0.286. The number of benzene rings is 2. The van der Waals surface area contributed by atoms with Gasteiger partial charge in [-0.05, 0) is 17.7 Å². The minimum atomic E-state index is 0.116. The van der Waals surface area contributed by atoms with E-state index in [4.69, 9.17) is 11.6 Å². The third-order valence-electron chi connectivity index (χ3n) is 5.01. The lowest BCUT2D eigenvalue weighted by atomic mass is 10.2. The molecule has 0 N–H and O–H groups in total. The molecule has 1 aliphatic rings. The predicted molar refractivity (Wildman–Crippen MR) is 110 cm³/mol. The lowest BCUT2D eigenvalue weighted by molar-refractivity contribution is -0.129. The van der Waals surface area contributed by atoms with Crippen molar-refractivity contribution in [3.63, 3.8) is 0 Å². The fourth-order valence-electron chi connectivity index (χ4n) is 3.50. The summed E-state index contributed by atoms with van der Waals surface area (Å²) in [4.78, 5) is 15.7. The summed E-state index contributed by atoms with van der Waals surface area (Å²) in [5.41, 5.74) is 2.11. The van der Waals surface area contributed by atoms with Crippen LogP contribution in [0.4, 0.5) is 5.95 Å². The summed E-state index contributed by atoms with van der Waals surface area (Å²) in [6, 6.07) is 17.9. The third-order valence-corrected chi connectivity index (χ3v) is 5.24. The number of halogens is 1. The Morgan fingerprint density at radius 1 is 1.00 bits per heavy atom. The van der Waals surface area contributed by atoms with Crippen LogP contribution in [0.3, 0.4) is 0 Å². The molecular formula is C21H22ClN5O. The van der Waals surface area contributed by atoms with Gasteiger partial charge in [-0.2, -0.15) is 0 Å². The van der Waals surface area contributed by atoms with E-state index in [0.717, 1.165) is 30.4 Å². The van der Waals surface area contributed by atoms with E-state index in [1.54, 1.807) is 6.92 Å². The molecule has 6 nitrogen and oxygen atoms in total. The number of amides is 1. The maximum absolute atomic E-state index is 11.6. The number of carbonyl (C=O) groups excluding carboxylic acids is 1. The number of anilines is 1. The highest BCUT2D eigenvalue weighted by molar-refractivity contribution is 6.30. The molecule has 1 saturated heterocycles. The highest BCUT2D eigenvalue weighted by Gasteiger charge is 2.24. The van der Waals surface area contributed by atoms with E-state index in [1.807, 2.05) is 47.4 Å². The first-order valence-electron chi connectivity index (χ1n) is 9.35. The molecule has 2 heterocycles. The molecular weight excluding hydrogens is 374 g/mol. The van der Waals surface area contributed by atoms with E-state index in [0.29, 0.717) is 24.7 Å². The summed E-state index contributed by atoms with van der Waals surface area (Å²) in [7, 11) is 0. The van der Waals surface area contributed by atoms with Crippen molar-refractivity contribution in [3.05, 3.63) is 65.2 Å². The van der Waals surface area contributed by atoms with Crippen molar-refractivity contribution >= 4 is 23.5 Å². The maximum atomic E-state index is 11.6. The van der Waals surface area contributed by atoms with E-state index in [9.17, 15) is 4.79 Å². The van der Waals surface area contributed by atoms with Crippen LogP contribution in [0.1, 0.15) is 12.5 Å². The first kappa shape index (κ1) is 18.5. The molecule has 0 aliphatic carbocycles. The molecule has 2 aromatic carbocycles. The van der Waals surface area contributed by atoms with Crippen molar-refractivity contribution in [1.82, 2.24) is 19.7 Å². The lowest BCUT2D eigenvalue weighted by Gasteiger charge is -2.34. The monoisotopic (exact) mass is 395 g/mol. The van der Waals surface area contributed by atoms with Crippen LogP contribution in [0.2, 0.25) is 5.02 Å². The van der Waals surface area contributed by atoms with Gasteiger partial charge in [-0.25, -0.2) is 0 Å². The van der Waals surface area contributed by atoms with Crippen LogP contribution in [-0.4, -0.2) is 51.8 Å². The van der Waals surface area contributed by atoms with Crippen LogP contribution in [-0.2, 0) is 11.3 Å². The molecule has 0 atom stereocenters. The van der Waals surface area contributed by atoms with Crippen molar-refractivity contribution in [2.75, 3.05) is 31.1 Å². The molecule has 0 bridgehead atoms. The highest BCUT2D eigenvalue weighted by Crippen LogP contribution is 2.26. The molecule has 0 saturated carbocycles. The van der Waals surface area contributed by atoms with Crippen LogP contribution in [0.15, 0.2) is 54.6 Å². The van der Waals surface area contributed by atoms with Gasteiger partial charge in [0.25, 0.3) is 0 Å². The van der Waals surface area contributed by atoms with E-state index >= 15 is 0 Å². The van der Waals surface area contributed by atoms with E-state index in [2.05, 4.69) is 31.8 Å². The maximum Gasteiger partial charge on any atom is 0.227 e. The Morgan fingerprint density at radius 3 is 2.43 bits per heavy atom. The van der Waals surface area contributed by atoms with Gasteiger partial charge in [0.1, 0.15) is 0 Å². The zero-order valence-corrected chi connectivity index (χ0v) is 16.5. The number of nitrogens with zero attached hydrogens (tertiary/aromatic N) is 5. The molecule has 0 unspecified atom stereocenters. The summed E-state index contributed by atoms with van der Waals surface area (Å²) in [6.45, 7) is 5.15. The van der Waals surface area contributed by atoms with E-state index in [1.165, 1.54) is 5.56 Å². The van der Waals surface area contributed by atoms with E-state index in [-0.39, 0.29) is 5.91 Å². The second kappa shape index (κ2) is 8.02. The van der Waals surface area contributed by atoms with Gasteiger partial charge < -0.3 is 9.80 Å². The second-order valence-corrected chi connectivity index (χ2v) is 7.34. The summed E-state index contributed by atoms with van der Waals surface area (Å²) in [5, 5.41) is 9.66. The molecule has 1 aliphatic heterocycles. The van der Waals surface area contributed by atoms with Gasteiger partial charge in [-0.15, -0.1) is 10.2 Å². The molecule has 7 heteroatoms. The van der Waals surface area contributed by atoms with Crippen molar-refractivity contribution in [3.8, 4) is 11.4 Å². The Morgan fingerprint density at radius 2 is 1.75 bits per heavy atom. The predicted octanol–water partition coefficient (Wildman–Crippen LogP) is 3.32. The van der Waals surface area contributed by atoms with E-state index < -0.39 is 0 Å². The number of hydrogen-bond donors (Lipinski definition) is 0. The average molecular weight is 396 g/mol. The molecule has 144 valence electrons. The van der Waals surface area contributed by atoms with Crippen molar-refractivity contribution in [1.29, 1.82) is 0 Å². The van der Waals surface area contributed by atoms with Gasteiger partial charge in [0.05, 0.1) is 6.54 Å². The molecule has 1 amide bonds. The minimum Gasteiger partial charge on any atom is -0.339 e. The van der Waals surface area contributed by atoms with Gasteiger partial charge in [-0.1, -0.05) is 54.1 Å². The molecule has 0 spiro atoms. The number of piperazine rings is 1. The minimum absolute atomic E-state index is 0.116. The summed E-state index contributed by atoms with van der Waals surface area (Å²) in [5.74, 6) is 1.72. The number of aromatic nitrogens is 3. The topological polar surface area (TPSA) is 54.3 Å². The lowest BCUT2D eigenvalue weighted by Crippen LogP contribution is -2.48. The van der Waals surface area contributed by atoms with Crippen LogP contribution in [0, 0.1) is 0 Å². The van der Waals surface area contributed by atoms with Gasteiger partial charge in [0, 0.05) is 43.7 Å². The summed E-state index contributed by atoms with van der Waals surface area (Å²) in [6.07, 6.45) is 0.